The normalized spacial score (nSPS) is 25.5. The molecular formula is C18H24NO3+. The van der Waals surface area contributed by atoms with Crippen molar-refractivity contribution in [2.24, 2.45) is 0 Å². The Hall–Kier alpha value is -1.65. The molecule has 3 rings (SSSR count). The minimum atomic E-state index is -0.260. The maximum Gasteiger partial charge on any atom is 0.336 e. The van der Waals surface area contributed by atoms with E-state index < -0.39 is 0 Å². The van der Waals surface area contributed by atoms with Crippen molar-refractivity contribution in [3.05, 3.63) is 45.8 Å². The smallest absolute Gasteiger partial charge is 0.336 e. The average Bonchev–Trinajstić information content (AvgIpc) is 2.45. The predicted octanol–water partition coefficient (Wildman–Crippen LogP) is 1.55. The zero-order chi connectivity index (χ0) is 15.7. The van der Waals surface area contributed by atoms with Crippen molar-refractivity contribution < 1.29 is 14.1 Å². The molecule has 2 heterocycles. The molecule has 0 aliphatic carbocycles. The first kappa shape index (κ1) is 15.3. The van der Waals surface area contributed by atoms with Crippen LogP contribution in [0.2, 0.25) is 0 Å². The summed E-state index contributed by atoms with van der Waals surface area (Å²) in [4.78, 5) is 13.3. The Morgan fingerprint density at radius 2 is 1.91 bits per heavy atom. The number of rotatable bonds is 3. The summed E-state index contributed by atoms with van der Waals surface area (Å²) >= 11 is 0. The number of nitrogens with one attached hydrogen (secondary N) is 1. The molecular weight excluding hydrogens is 278 g/mol. The van der Waals surface area contributed by atoms with Crippen molar-refractivity contribution >= 4 is 11.0 Å². The molecule has 1 aliphatic heterocycles. The molecule has 4 heteroatoms. The zero-order valence-corrected chi connectivity index (χ0v) is 13.5. The van der Waals surface area contributed by atoms with Crippen LogP contribution in [0.5, 0.6) is 0 Å². The van der Waals surface area contributed by atoms with Crippen LogP contribution in [-0.4, -0.2) is 25.3 Å². The third-order valence-corrected chi connectivity index (χ3v) is 4.36. The van der Waals surface area contributed by atoms with Crippen molar-refractivity contribution in [1.29, 1.82) is 0 Å². The lowest BCUT2D eigenvalue weighted by atomic mass is 10.1. The van der Waals surface area contributed by atoms with Crippen molar-refractivity contribution in [3.8, 4) is 0 Å². The molecule has 4 nitrogen and oxygen atoms in total. The number of fused-ring (bicyclic) bond motifs is 1. The zero-order valence-electron chi connectivity index (χ0n) is 13.5. The summed E-state index contributed by atoms with van der Waals surface area (Å²) < 4.78 is 11.2. The number of aryl methyl sites for hydroxylation is 1. The molecule has 1 aromatic carbocycles. The van der Waals surface area contributed by atoms with Crippen LogP contribution < -0.4 is 10.5 Å². The summed E-state index contributed by atoms with van der Waals surface area (Å²) in [5, 5.41) is 1.05. The lowest BCUT2D eigenvalue weighted by molar-refractivity contribution is -0.928. The summed E-state index contributed by atoms with van der Waals surface area (Å²) in [5.41, 5.74) is 2.71. The highest BCUT2D eigenvalue weighted by atomic mass is 16.5. The van der Waals surface area contributed by atoms with Gasteiger partial charge < -0.3 is 14.1 Å². The van der Waals surface area contributed by atoms with E-state index >= 15 is 0 Å². The topological polar surface area (TPSA) is 43.9 Å². The quantitative estimate of drug-likeness (QED) is 0.875. The first-order chi connectivity index (χ1) is 10.5. The van der Waals surface area contributed by atoms with E-state index in [9.17, 15) is 4.79 Å². The second-order valence-corrected chi connectivity index (χ2v) is 6.37. The van der Waals surface area contributed by atoms with Crippen LogP contribution in [0, 0.1) is 0 Å². The second-order valence-electron chi connectivity index (χ2n) is 6.37. The number of benzene rings is 1. The van der Waals surface area contributed by atoms with Gasteiger partial charge in [0.15, 0.2) is 0 Å². The van der Waals surface area contributed by atoms with Crippen molar-refractivity contribution in [3.63, 3.8) is 0 Å². The van der Waals surface area contributed by atoms with Crippen LogP contribution in [0.4, 0.5) is 0 Å². The van der Waals surface area contributed by atoms with Gasteiger partial charge in [0.2, 0.25) is 0 Å². The van der Waals surface area contributed by atoms with Crippen LogP contribution in [0.1, 0.15) is 31.9 Å². The summed E-state index contributed by atoms with van der Waals surface area (Å²) in [6.07, 6.45) is 1.46. The fourth-order valence-electron chi connectivity index (χ4n) is 3.44. The van der Waals surface area contributed by atoms with Crippen molar-refractivity contribution in [2.75, 3.05) is 13.1 Å². The number of ether oxygens (including phenoxy) is 1. The van der Waals surface area contributed by atoms with E-state index in [-0.39, 0.29) is 17.8 Å². The molecule has 1 aliphatic rings. The monoisotopic (exact) mass is 302 g/mol. The molecule has 1 N–H and O–H groups in total. The van der Waals surface area contributed by atoms with Gasteiger partial charge in [-0.2, -0.15) is 0 Å². The van der Waals surface area contributed by atoms with Gasteiger partial charge in [-0.1, -0.05) is 19.1 Å². The van der Waals surface area contributed by atoms with Gasteiger partial charge in [0.05, 0.1) is 0 Å². The fraction of sp³-hybridized carbons (Fsp3) is 0.500. The highest BCUT2D eigenvalue weighted by Crippen LogP contribution is 2.18. The van der Waals surface area contributed by atoms with Crippen LogP contribution in [0.3, 0.4) is 0 Å². The Bertz CT molecular complexity index is 712. The molecule has 0 bridgehead atoms. The maximum atomic E-state index is 11.9. The number of hydrogen-bond donors (Lipinski definition) is 1. The van der Waals surface area contributed by atoms with Crippen LogP contribution >= 0.6 is 0 Å². The average molecular weight is 302 g/mol. The van der Waals surface area contributed by atoms with E-state index in [2.05, 4.69) is 32.9 Å². The first-order valence-electron chi connectivity index (χ1n) is 8.10. The van der Waals surface area contributed by atoms with Gasteiger partial charge in [-0.05, 0) is 31.9 Å². The predicted molar refractivity (Wildman–Crippen MR) is 86.3 cm³/mol. The molecule has 3 atom stereocenters. The van der Waals surface area contributed by atoms with Gasteiger partial charge in [0.1, 0.15) is 37.4 Å². The van der Waals surface area contributed by atoms with Crippen molar-refractivity contribution in [2.45, 2.75) is 45.9 Å². The fourth-order valence-corrected chi connectivity index (χ4v) is 3.44. The molecule has 0 radical (unpaired) electrons. The lowest BCUT2D eigenvalue weighted by Gasteiger charge is -2.32. The Labute approximate surface area is 130 Å². The largest absolute Gasteiger partial charge is 0.423 e. The Morgan fingerprint density at radius 1 is 1.18 bits per heavy atom. The molecule has 0 spiro atoms. The van der Waals surface area contributed by atoms with Gasteiger partial charge in [-0.15, -0.1) is 0 Å². The number of hydrogen-bond acceptors (Lipinski definition) is 3. The third-order valence-electron chi connectivity index (χ3n) is 4.36. The first-order valence-corrected chi connectivity index (χ1v) is 8.10. The minimum absolute atomic E-state index is 0.260. The van der Waals surface area contributed by atoms with Gasteiger partial charge >= 0.3 is 5.63 Å². The number of quaternary nitrogens is 1. The number of morpholine rings is 1. The van der Waals surface area contributed by atoms with E-state index in [1.54, 1.807) is 6.07 Å². The van der Waals surface area contributed by atoms with Crippen LogP contribution in [0.25, 0.3) is 11.0 Å². The Morgan fingerprint density at radius 3 is 2.59 bits per heavy atom. The van der Waals surface area contributed by atoms with Gasteiger partial charge in [0.25, 0.3) is 0 Å². The van der Waals surface area contributed by atoms with E-state index in [4.69, 9.17) is 9.15 Å². The highest BCUT2D eigenvalue weighted by Gasteiger charge is 2.26. The molecule has 1 unspecified atom stereocenters. The lowest BCUT2D eigenvalue weighted by Crippen LogP contribution is -3.14. The van der Waals surface area contributed by atoms with E-state index in [0.29, 0.717) is 5.58 Å². The SMILES string of the molecule is CCc1ccc2c(C[NH+]3C[C@@H](C)O[C@@H](C)C3)cc(=O)oc2c1. The Balaban J connectivity index is 1.94. The summed E-state index contributed by atoms with van der Waals surface area (Å²) in [6, 6.07) is 7.83. The van der Waals surface area contributed by atoms with Gasteiger partial charge in [-0.25, -0.2) is 4.79 Å². The highest BCUT2D eigenvalue weighted by molar-refractivity contribution is 5.80. The summed E-state index contributed by atoms with van der Waals surface area (Å²) in [6.45, 7) is 9.11. The molecule has 0 amide bonds. The van der Waals surface area contributed by atoms with Gasteiger partial charge in [-0.3, -0.25) is 0 Å². The maximum absolute atomic E-state index is 11.9. The van der Waals surface area contributed by atoms with Crippen LogP contribution in [-0.2, 0) is 17.7 Å². The summed E-state index contributed by atoms with van der Waals surface area (Å²) in [5.74, 6) is 0. The molecule has 22 heavy (non-hydrogen) atoms. The molecule has 0 saturated carbocycles. The molecule has 118 valence electrons. The van der Waals surface area contributed by atoms with E-state index in [1.165, 1.54) is 10.5 Å². The molecule has 2 aromatic rings. The molecule has 1 fully saturated rings. The summed E-state index contributed by atoms with van der Waals surface area (Å²) in [7, 11) is 0. The second kappa shape index (κ2) is 6.23. The molecule has 1 saturated heterocycles. The Kier molecular flexibility index (Phi) is 4.32. The molecule has 1 aromatic heterocycles. The van der Waals surface area contributed by atoms with E-state index in [0.717, 1.165) is 37.0 Å². The van der Waals surface area contributed by atoms with E-state index in [1.807, 2.05) is 6.07 Å². The third kappa shape index (κ3) is 3.23. The minimum Gasteiger partial charge on any atom is -0.423 e. The standard InChI is InChI=1S/C18H23NO3/c1-4-14-5-6-16-15(8-18(20)22-17(16)7-14)11-19-9-12(2)21-13(3)10-19/h5-8,12-13H,4,9-11H2,1-3H3/p+1/t12-,13+. The van der Waals surface area contributed by atoms with Crippen LogP contribution in [0.15, 0.2) is 33.5 Å². The van der Waals surface area contributed by atoms with Crippen molar-refractivity contribution in [1.82, 2.24) is 0 Å². The van der Waals surface area contributed by atoms with Gasteiger partial charge in [0, 0.05) is 17.0 Å².